The molecular formula is C20H26N2O4S. The highest BCUT2D eigenvalue weighted by molar-refractivity contribution is 7.92. The maximum absolute atomic E-state index is 12.6. The lowest BCUT2D eigenvalue weighted by Gasteiger charge is -2.28. The summed E-state index contributed by atoms with van der Waals surface area (Å²) in [5.41, 5.74) is 2.47. The zero-order valence-electron chi connectivity index (χ0n) is 16.1. The monoisotopic (exact) mass is 390 g/mol. The third kappa shape index (κ3) is 5.47. The van der Waals surface area contributed by atoms with Crippen LogP contribution in [0.1, 0.15) is 25.0 Å². The van der Waals surface area contributed by atoms with Gasteiger partial charge in [0, 0.05) is 6.54 Å². The first-order chi connectivity index (χ1) is 12.7. The highest BCUT2D eigenvalue weighted by atomic mass is 32.2. The Balaban J connectivity index is 2.18. The summed E-state index contributed by atoms with van der Waals surface area (Å²) in [6, 6.07) is 13.5. The molecule has 0 fully saturated rings. The third-order valence-corrected chi connectivity index (χ3v) is 5.45. The quantitative estimate of drug-likeness (QED) is 0.752. The van der Waals surface area contributed by atoms with Gasteiger partial charge < -0.3 is 10.1 Å². The average molecular weight is 391 g/mol. The van der Waals surface area contributed by atoms with Gasteiger partial charge in [-0.1, -0.05) is 24.3 Å². The van der Waals surface area contributed by atoms with Crippen LogP contribution in [0.3, 0.4) is 0 Å². The Hall–Kier alpha value is -2.54. The molecule has 0 spiro atoms. The van der Waals surface area contributed by atoms with Crippen molar-refractivity contribution in [2.75, 3.05) is 17.2 Å². The van der Waals surface area contributed by atoms with E-state index in [0.717, 1.165) is 21.7 Å². The maximum Gasteiger partial charge on any atom is 0.243 e. The zero-order chi connectivity index (χ0) is 20.0. The van der Waals surface area contributed by atoms with Crippen molar-refractivity contribution in [3.63, 3.8) is 0 Å². The molecule has 1 N–H and O–H groups in total. The van der Waals surface area contributed by atoms with Crippen LogP contribution in [0.5, 0.6) is 5.75 Å². The summed E-state index contributed by atoms with van der Waals surface area (Å²) >= 11 is 0. The third-order valence-electron chi connectivity index (χ3n) is 4.21. The second-order valence-corrected chi connectivity index (χ2v) is 8.17. The minimum atomic E-state index is -3.65. The van der Waals surface area contributed by atoms with E-state index in [-0.39, 0.29) is 5.91 Å². The molecule has 2 aromatic carbocycles. The molecule has 0 aliphatic heterocycles. The number of sulfonamides is 1. The molecule has 7 heteroatoms. The van der Waals surface area contributed by atoms with Crippen molar-refractivity contribution in [1.29, 1.82) is 0 Å². The van der Waals surface area contributed by atoms with Crippen molar-refractivity contribution in [3.05, 3.63) is 59.7 Å². The predicted molar refractivity (Wildman–Crippen MR) is 107 cm³/mol. The highest BCUT2D eigenvalue weighted by Gasteiger charge is 2.29. The number of rotatable bonds is 8. The number of benzene rings is 2. The van der Waals surface area contributed by atoms with Crippen molar-refractivity contribution < 1.29 is 17.9 Å². The fourth-order valence-electron chi connectivity index (χ4n) is 2.80. The largest absolute Gasteiger partial charge is 0.494 e. The van der Waals surface area contributed by atoms with Crippen LogP contribution in [-0.2, 0) is 21.4 Å². The number of carbonyl (C=O) groups is 1. The molecule has 0 saturated carbocycles. The first-order valence-corrected chi connectivity index (χ1v) is 10.6. The van der Waals surface area contributed by atoms with Gasteiger partial charge in [-0.15, -0.1) is 0 Å². The number of aryl methyl sites for hydroxylation is 1. The van der Waals surface area contributed by atoms with E-state index in [9.17, 15) is 13.2 Å². The number of amides is 1. The topological polar surface area (TPSA) is 75.7 Å². The van der Waals surface area contributed by atoms with Gasteiger partial charge in [-0.2, -0.15) is 0 Å². The van der Waals surface area contributed by atoms with Crippen molar-refractivity contribution in [1.82, 2.24) is 5.32 Å². The second kappa shape index (κ2) is 8.90. The molecule has 146 valence electrons. The number of carbonyl (C=O) groups excluding carboxylic acids is 1. The van der Waals surface area contributed by atoms with Gasteiger partial charge in [0.2, 0.25) is 15.9 Å². The average Bonchev–Trinajstić information content (AvgIpc) is 2.61. The molecule has 0 heterocycles. The Kier molecular flexibility index (Phi) is 6.85. The van der Waals surface area contributed by atoms with E-state index in [1.54, 1.807) is 31.2 Å². The molecule has 1 amide bonds. The summed E-state index contributed by atoms with van der Waals surface area (Å²) in [5.74, 6) is 0.281. The van der Waals surface area contributed by atoms with E-state index in [2.05, 4.69) is 5.32 Å². The van der Waals surface area contributed by atoms with Crippen LogP contribution in [0, 0.1) is 6.92 Å². The van der Waals surface area contributed by atoms with Crippen molar-refractivity contribution in [2.45, 2.75) is 33.4 Å². The number of nitrogens with one attached hydrogen (secondary N) is 1. The van der Waals surface area contributed by atoms with Gasteiger partial charge in [-0.3, -0.25) is 9.10 Å². The Labute approximate surface area is 161 Å². The van der Waals surface area contributed by atoms with Gasteiger partial charge in [-0.05, 0) is 56.2 Å². The molecule has 0 bridgehead atoms. The van der Waals surface area contributed by atoms with E-state index in [1.165, 1.54) is 0 Å². The number of anilines is 1. The number of hydrogen-bond acceptors (Lipinski definition) is 4. The van der Waals surface area contributed by atoms with Crippen LogP contribution in [0.15, 0.2) is 48.5 Å². The first-order valence-electron chi connectivity index (χ1n) is 8.78. The molecule has 27 heavy (non-hydrogen) atoms. The van der Waals surface area contributed by atoms with Gasteiger partial charge in [0.25, 0.3) is 0 Å². The molecule has 0 aliphatic carbocycles. The predicted octanol–water partition coefficient (Wildman–Crippen LogP) is 2.86. The summed E-state index contributed by atoms with van der Waals surface area (Å²) < 4.78 is 31.2. The normalized spacial score (nSPS) is 12.3. The van der Waals surface area contributed by atoms with Crippen molar-refractivity contribution in [2.24, 2.45) is 0 Å². The molecule has 1 atom stereocenters. The number of ether oxygens (including phenoxy) is 1. The second-order valence-electron chi connectivity index (χ2n) is 6.31. The molecule has 2 rings (SSSR count). The van der Waals surface area contributed by atoms with Crippen molar-refractivity contribution in [3.8, 4) is 5.75 Å². The Morgan fingerprint density at radius 2 is 1.78 bits per heavy atom. The van der Waals surface area contributed by atoms with E-state index >= 15 is 0 Å². The molecule has 0 aromatic heterocycles. The lowest BCUT2D eigenvalue weighted by atomic mass is 10.1. The molecule has 0 unspecified atom stereocenters. The molecular weight excluding hydrogens is 364 g/mol. The van der Waals surface area contributed by atoms with Gasteiger partial charge in [0.15, 0.2) is 0 Å². The van der Waals surface area contributed by atoms with Gasteiger partial charge >= 0.3 is 0 Å². The minimum Gasteiger partial charge on any atom is -0.494 e. The molecule has 0 radical (unpaired) electrons. The summed E-state index contributed by atoms with van der Waals surface area (Å²) in [6.07, 6.45) is 1.09. The standard InChI is InChI=1S/C20H26N2O4S/c1-5-26-19-12-10-18(11-13-19)22(27(4,24)25)16(3)20(23)21-14-17-9-7-6-8-15(17)2/h6-13,16H,5,14H2,1-4H3,(H,21,23)/t16-/m1/s1. The SMILES string of the molecule is CCOc1ccc(N([C@H](C)C(=O)NCc2ccccc2C)S(C)(=O)=O)cc1. The summed E-state index contributed by atoms with van der Waals surface area (Å²) in [4.78, 5) is 12.6. The van der Waals surface area contributed by atoms with Crippen LogP contribution in [0.2, 0.25) is 0 Å². The summed E-state index contributed by atoms with van der Waals surface area (Å²) in [7, 11) is -3.65. The first kappa shape index (κ1) is 20.8. The fraction of sp³-hybridized carbons (Fsp3) is 0.350. The Morgan fingerprint density at radius 1 is 1.15 bits per heavy atom. The number of nitrogens with zero attached hydrogens (tertiary/aromatic N) is 1. The van der Waals surface area contributed by atoms with Crippen LogP contribution < -0.4 is 14.4 Å². The fourth-order valence-corrected chi connectivity index (χ4v) is 3.98. The van der Waals surface area contributed by atoms with Crippen LogP contribution in [-0.4, -0.2) is 33.2 Å². The zero-order valence-corrected chi connectivity index (χ0v) is 16.9. The molecule has 0 aliphatic rings. The number of hydrogen-bond donors (Lipinski definition) is 1. The van der Waals surface area contributed by atoms with Gasteiger partial charge in [0.1, 0.15) is 11.8 Å². The minimum absolute atomic E-state index is 0.344. The smallest absolute Gasteiger partial charge is 0.243 e. The maximum atomic E-state index is 12.6. The van der Waals surface area contributed by atoms with Crippen LogP contribution >= 0.6 is 0 Å². The van der Waals surface area contributed by atoms with Gasteiger partial charge in [0.05, 0.1) is 18.6 Å². The molecule has 2 aromatic rings. The summed E-state index contributed by atoms with van der Waals surface area (Å²) in [6.45, 7) is 6.28. The lowest BCUT2D eigenvalue weighted by Crippen LogP contribution is -2.47. The highest BCUT2D eigenvalue weighted by Crippen LogP contribution is 2.24. The molecule has 6 nitrogen and oxygen atoms in total. The van der Waals surface area contributed by atoms with E-state index < -0.39 is 16.1 Å². The van der Waals surface area contributed by atoms with Gasteiger partial charge in [-0.25, -0.2) is 8.42 Å². The van der Waals surface area contributed by atoms with Crippen LogP contribution in [0.25, 0.3) is 0 Å². The van der Waals surface area contributed by atoms with Crippen LogP contribution in [0.4, 0.5) is 5.69 Å². The Morgan fingerprint density at radius 3 is 2.33 bits per heavy atom. The van der Waals surface area contributed by atoms with E-state index in [0.29, 0.717) is 24.6 Å². The van der Waals surface area contributed by atoms with Crippen molar-refractivity contribution >= 4 is 21.6 Å². The van der Waals surface area contributed by atoms with E-state index in [4.69, 9.17) is 4.74 Å². The lowest BCUT2D eigenvalue weighted by molar-refractivity contribution is -0.122. The Bertz CT molecular complexity index is 879. The van der Waals surface area contributed by atoms with E-state index in [1.807, 2.05) is 38.1 Å². The molecule has 0 saturated heterocycles. The summed E-state index contributed by atoms with van der Waals surface area (Å²) in [5, 5.41) is 2.82.